The van der Waals surface area contributed by atoms with E-state index in [1.165, 1.54) is 92.9 Å². The van der Waals surface area contributed by atoms with Crippen LogP contribution in [0.4, 0.5) is 34.1 Å². The van der Waals surface area contributed by atoms with Crippen molar-refractivity contribution in [1.29, 1.82) is 0 Å². The molecule has 2 nitrogen and oxygen atoms in total. The molecule has 0 N–H and O–H groups in total. The van der Waals surface area contributed by atoms with Crippen LogP contribution in [-0.2, 0) is 0 Å². The molecule has 51 heavy (non-hydrogen) atoms. The summed E-state index contributed by atoms with van der Waals surface area (Å²) in [4.78, 5) is 5.08. The normalized spacial score (nSPS) is 13.0. The molecule has 0 spiro atoms. The molecule has 0 fully saturated rings. The fraction of sp³-hybridized carbons (Fsp3) is 0. The summed E-state index contributed by atoms with van der Waals surface area (Å²) in [5.41, 5.74) is 16.2. The van der Waals surface area contributed by atoms with Crippen molar-refractivity contribution in [3.05, 3.63) is 175 Å². The van der Waals surface area contributed by atoms with Crippen molar-refractivity contribution in [3.8, 4) is 22.3 Å². The van der Waals surface area contributed by atoms with E-state index in [1.54, 1.807) is 22.7 Å². The van der Waals surface area contributed by atoms with E-state index in [9.17, 15) is 0 Å². The van der Waals surface area contributed by atoms with Gasteiger partial charge in [0.1, 0.15) is 0 Å². The van der Waals surface area contributed by atoms with Crippen LogP contribution in [0.1, 0.15) is 0 Å². The maximum atomic E-state index is 2.54. The second-order valence-corrected chi connectivity index (χ2v) is 15.2. The Balaban J connectivity index is 1.23. The molecule has 7 aromatic carbocycles. The van der Waals surface area contributed by atoms with Gasteiger partial charge in [0, 0.05) is 43.3 Å². The number of hydrogen-bond donors (Lipinski definition) is 0. The third-order valence-corrected chi connectivity index (χ3v) is 12.4. The number of thiophene rings is 2. The monoisotopic (exact) mass is 684 g/mol. The Morgan fingerprint density at radius 3 is 1.29 bits per heavy atom. The first-order valence-electron chi connectivity index (χ1n) is 17.4. The van der Waals surface area contributed by atoms with Crippen LogP contribution in [0.3, 0.4) is 0 Å². The molecule has 0 saturated carbocycles. The summed E-state index contributed by atoms with van der Waals surface area (Å²) >= 11 is 3.61. The highest BCUT2D eigenvalue weighted by molar-refractivity contribution is 7.17. The van der Waals surface area contributed by atoms with Crippen molar-refractivity contribution >= 4 is 100 Å². The van der Waals surface area contributed by atoms with E-state index in [0.717, 1.165) is 0 Å². The van der Waals surface area contributed by atoms with Gasteiger partial charge in [-0.3, -0.25) is 0 Å². The van der Waals surface area contributed by atoms with E-state index >= 15 is 0 Å². The Kier molecular flexibility index (Phi) is 6.42. The minimum absolute atomic E-state index is 0.0902. The van der Waals surface area contributed by atoms with Gasteiger partial charge in [0.2, 0.25) is 0 Å². The van der Waals surface area contributed by atoms with Crippen molar-refractivity contribution in [1.82, 2.24) is 0 Å². The highest BCUT2D eigenvalue weighted by Crippen LogP contribution is 2.49. The summed E-state index contributed by atoms with van der Waals surface area (Å²) in [5.74, 6) is 0. The van der Waals surface area contributed by atoms with Crippen LogP contribution in [0.15, 0.2) is 175 Å². The van der Waals surface area contributed by atoms with Crippen molar-refractivity contribution < 1.29 is 0 Å². The van der Waals surface area contributed by atoms with Gasteiger partial charge in [-0.15, -0.1) is 22.7 Å². The first kappa shape index (κ1) is 28.9. The van der Waals surface area contributed by atoms with Gasteiger partial charge in [-0.05, 0) is 110 Å². The third-order valence-electron chi connectivity index (χ3n) is 10.6. The zero-order chi connectivity index (χ0) is 33.5. The average molecular weight is 685 g/mol. The first-order valence-corrected chi connectivity index (χ1v) is 19.1. The van der Waals surface area contributed by atoms with E-state index in [4.69, 9.17) is 0 Å². The van der Waals surface area contributed by atoms with E-state index in [1.807, 2.05) is 0 Å². The highest BCUT2D eigenvalue weighted by atomic mass is 32.1. The number of fused-ring (bicyclic) bond motifs is 6. The summed E-state index contributed by atoms with van der Waals surface area (Å²) in [6.07, 6.45) is 0. The van der Waals surface area contributed by atoms with Gasteiger partial charge in [0.05, 0.1) is 11.4 Å². The van der Waals surface area contributed by atoms with Crippen molar-refractivity contribution in [2.75, 3.05) is 9.80 Å². The molecular formula is C46H29BN2S2. The quantitative estimate of drug-likeness (QED) is 0.170. The van der Waals surface area contributed by atoms with Gasteiger partial charge in [-0.2, -0.15) is 0 Å². The van der Waals surface area contributed by atoms with Crippen LogP contribution in [0.5, 0.6) is 0 Å². The lowest BCUT2D eigenvalue weighted by Crippen LogP contribution is -2.61. The van der Waals surface area contributed by atoms with Crippen LogP contribution in [0.2, 0.25) is 0 Å². The van der Waals surface area contributed by atoms with Gasteiger partial charge < -0.3 is 9.80 Å². The predicted octanol–water partition coefficient (Wildman–Crippen LogP) is 11.5. The Labute approximate surface area is 305 Å². The largest absolute Gasteiger partial charge is 0.311 e. The molecular weight excluding hydrogens is 655 g/mol. The van der Waals surface area contributed by atoms with Gasteiger partial charge in [0.15, 0.2) is 0 Å². The topological polar surface area (TPSA) is 6.48 Å². The molecule has 238 valence electrons. The number of rotatable bonds is 4. The summed E-state index contributed by atoms with van der Waals surface area (Å²) in [5, 5.41) is 6.96. The Morgan fingerprint density at radius 1 is 0.373 bits per heavy atom. The predicted molar refractivity (Wildman–Crippen MR) is 222 cm³/mol. The molecule has 0 saturated heterocycles. The molecule has 0 unspecified atom stereocenters. The second kappa shape index (κ2) is 11.3. The molecule has 0 radical (unpaired) electrons. The molecule has 0 aliphatic carbocycles. The Morgan fingerprint density at radius 2 is 0.804 bits per heavy atom. The molecule has 11 rings (SSSR count). The SMILES string of the molecule is c1ccc(-c2cc3ccsc3cc2N2c3ccccc3B3c4ccccc4N(c4cc5sccc5cc4-c4ccccc4)c4cccc2c43)cc1. The lowest BCUT2D eigenvalue weighted by molar-refractivity contribution is 1.26. The van der Waals surface area contributed by atoms with Crippen molar-refractivity contribution in [2.45, 2.75) is 0 Å². The van der Waals surface area contributed by atoms with Crippen LogP contribution < -0.4 is 26.2 Å². The Hall–Kier alpha value is -5.88. The van der Waals surface area contributed by atoms with Crippen LogP contribution in [-0.4, -0.2) is 6.71 Å². The molecule has 0 bridgehead atoms. The number of nitrogens with zero attached hydrogens (tertiary/aromatic N) is 2. The highest BCUT2D eigenvalue weighted by Gasteiger charge is 2.43. The second-order valence-electron chi connectivity index (χ2n) is 13.3. The van der Waals surface area contributed by atoms with E-state index in [-0.39, 0.29) is 6.71 Å². The lowest BCUT2D eigenvalue weighted by atomic mass is 9.33. The van der Waals surface area contributed by atoms with E-state index < -0.39 is 0 Å². The zero-order valence-corrected chi connectivity index (χ0v) is 29.2. The smallest absolute Gasteiger partial charge is 0.252 e. The number of para-hydroxylation sites is 2. The molecule has 2 aliphatic heterocycles. The fourth-order valence-electron chi connectivity index (χ4n) is 8.42. The standard InChI is InChI=1S/C46H29BN2S2/c1-3-12-30(13-4-1)34-26-32-22-24-50-44(32)28-42(34)48-38-18-9-7-16-36(38)47-37-17-8-10-19-39(37)49(41-21-11-20-40(48)46(41)47)43-29-45-33(23-25-51-45)27-35(43)31-14-5-2-6-15-31/h1-29H. The molecule has 9 aromatic rings. The van der Waals surface area contributed by atoms with Crippen LogP contribution in [0.25, 0.3) is 42.4 Å². The molecule has 4 heterocycles. The molecule has 2 aliphatic rings. The van der Waals surface area contributed by atoms with Gasteiger partial charge in [-0.25, -0.2) is 0 Å². The van der Waals surface area contributed by atoms with Gasteiger partial charge in [-0.1, -0.05) is 103 Å². The molecule has 0 atom stereocenters. The number of anilines is 6. The maximum absolute atomic E-state index is 2.54. The fourth-order valence-corrected chi connectivity index (χ4v) is 10.0. The summed E-state index contributed by atoms with van der Waals surface area (Å²) < 4.78 is 2.58. The minimum Gasteiger partial charge on any atom is -0.311 e. The van der Waals surface area contributed by atoms with Crippen LogP contribution in [0, 0.1) is 0 Å². The van der Waals surface area contributed by atoms with Crippen molar-refractivity contribution in [2.24, 2.45) is 0 Å². The lowest BCUT2D eigenvalue weighted by Gasteiger charge is -2.44. The molecule has 0 amide bonds. The first-order chi connectivity index (χ1) is 25.3. The summed E-state index contributed by atoms with van der Waals surface area (Å²) in [6, 6.07) is 60.8. The minimum atomic E-state index is 0.0902. The summed E-state index contributed by atoms with van der Waals surface area (Å²) in [6.45, 7) is 0.0902. The number of hydrogen-bond acceptors (Lipinski definition) is 4. The zero-order valence-electron chi connectivity index (χ0n) is 27.5. The third kappa shape index (κ3) is 4.35. The average Bonchev–Trinajstić information content (AvgIpc) is 3.87. The van der Waals surface area contributed by atoms with Gasteiger partial charge >= 0.3 is 0 Å². The summed E-state index contributed by atoms with van der Waals surface area (Å²) in [7, 11) is 0. The van der Waals surface area contributed by atoms with Crippen LogP contribution >= 0.6 is 22.7 Å². The van der Waals surface area contributed by atoms with Gasteiger partial charge in [0.25, 0.3) is 6.71 Å². The molecule has 2 aromatic heterocycles. The number of benzene rings is 7. The Bertz CT molecular complexity index is 2600. The van der Waals surface area contributed by atoms with Crippen molar-refractivity contribution in [3.63, 3.8) is 0 Å². The maximum Gasteiger partial charge on any atom is 0.252 e. The molecule has 5 heteroatoms. The van der Waals surface area contributed by atoms with E-state index in [0.29, 0.717) is 0 Å². The van der Waals surface area contributed by atoms with E-state index in [2.05, 4.69) is 184 Å².